The van der Waals surface area contributed by atoms with Crippen LogP contribution >= 0.6 is 0 Å². The quantitative estimate of drug-likeness (QED) is 0.490. The highest BCUT2D eigenvalue weighted by atomic mass is 16.5. The van der Waals surface area contributed by atoms with Crippen LogP contribution in [0.3, 0.4) is 0 Å². The van der Waals surface area contributed by atoms with Gasteiger partial charge in [0.1, 0.15) is 18.3 Å². The number of nitrogens with two attached hydrogens (primary N) is 1. The van der Waals surface area contributed by atoms with Crippen LogP contribution in [0.4, 0.5) is 0 Å². The van der Waals surface area contributed by atoms with E-state index in [-0.39, 0.29) is 24.5 Å². The van der Waals surface area contributed by atoms with E-state index >= 15 is 0 Å². The summed E-state index contributed by atoms with van der Waals surface area (Å²) >= 11 is 0. The third-order valence-electron chi connectivity index (χ3n) is 3.05. The Morgan fingerprint density at radius 3 is 2.47 bits per heavy atom. The number of nitrogens with one attached hydrogen (secondary N) is 1. The van der Waals surface area contributed by atoms with Gasteiger partial charge in [-0.15, -0.1) is 0 Å². The molecule has 0 spiro atoms. The molecule has 5 unspecified atom stereocenters. The Balaban J connectivity index is 2.67. The maximum Gasteiger partial charge on any atom is 0.216 e. The summed E-state index contributed by atoms with van der Waals surface area (Å²) in [7, 11) is 0. The third-order valence-corrected chi connectivity index (χ3v) is 3.05. The number of aliphatic hydroxyl groups is 2. The van der Waals surface area contributed by atoms with Crippen LogP contribution in [-0.2, 0) is 9.53 Å². The number of hydrogen-bond acceptors (Lipinski definition) is 5. The smallest absolute Gasteiger partial charge is 0.216 e. The molecule has 100 valence electrons. The van der Waals surface area contributed by atoms with E-state index in [1.807, 2.05) is 13.8 Å². The molecule has 1 fully saturated rings. The highest BCUT2D eigenvalue weighted by Gasteiger charge is 2.43. The molecule has 1 amide bonds. The highest BCUT2D eigenvalue weighted by Crippen LogP contribution is 2.24. The average Bonchev–Trinajstić information content (AvgIpc) is 2.24. The Morgan fingerprint density at radius 2 is 2.00 bits per heavy atom. The first-order chi connectivity index (χ1) is 7.84. The molecule has 0 aromatic heterocycles. The van der Waals surface area contributed by atoms with Crippen molar-refractivity contribution in [3.63, 3.8) is 0 Å². The van der Waals surface area contributed by atoms with Crippen LogP contribution in [0, 0.1) is 5.92 Å². The molecule has 5 atom stereocenters. The Hall–Kier alpha value is -0.690. The normalized spacial score (nSPS) is 38.2. The summed E-state index contributed by atoms with van der Waals surface area (Å²) in [6.07, 6.45) is -3.06. The van der Waals surface area contributed by atoms with Crippen molar-refractivity contribution in [1.29, 1.82) is 0 Å². The van der Waals surface area contributed by atoms with Crippen LogP contribution < -0.4 is 11.1 Å². The van der Waals surface area contributed by atoms with Crippen molar-refractivity contribution < 1.29 is 19.7 Å². The molecule has 6 nitrogen and oxygen atoms in total. The SMILES string of the molecule is CC(=O)NCC1OC(C(C)C)C(N)C(O)C1O. The van der Waals surface area contributed by atoms with Crippen molar-refractivity contribution in [2.75, 3.05) is 6.54 Å². The minimum Gasteiger partial charge on any atom is -0.389 e. The molecule has 1 aliphatic heterocycles. The molecule has 0 saturated carbocycles. The van der Waals surface area contributed by atoms with Crippen molar-refractivity contribution >= 4 is 5.91 Å². The van der Waals surface area contributed by atoms with Crippen LogP contribution in [0.1, 0.15) is 20.8 Å². The van der Waals surface area contributed by atoms with Gasteiger partial charge in [0.05, 0.1) is 12.1 Å². The van der Waals surface area contributed by atoms with E-state index in [2.05, 4.69) is 5.32 Å². The Morgan fingerprint density at radius 1 is 1.41 bits per heavy atom. The summed E-state index contributed by atoms with van der Waals surface area (Å²) in [4.78, 5) is 10.8. The summed E-state index contributed by atoms with van der Waals surface area (Å²) in [6, 6.07) is -0.612. The molecule has 0 radical (unpaired) electrons. The molecule has 0 aromatic carbocycles. The topological polar surface area (TPSA) is 105 Å². The Bertz CT molecular complexity index is 272. The van der Waals surface area contributed by atoms with Gasteiger partial charge in [-0.2, -0.15) is 0 Å². The van der Waals surface area contributed by atoms with Crippen molar-refractivity contribution in [3.8, 4) is 0 Å². The lowest BCUT2D eigenvalue weighted by Gasteiger charge is -2.43. The molecule has 0 aliphatic carbocycles. The summed E-state index contributed by atoms with van der Waals surface area (Å²) in [5.41, 5.74) is 5.81. The number of rotatable bonds is 3. The van der Waals surface area contributed by atoms with E-state index in [0.717, 1.165) is 0 Å². The standard InChI is InChI=1S/C11H22N2O4/c1-5(2)11-8(12)10(16)9(15)7(17-11)4-13-6(3)14/h5,7-11,15-16H,4,12H2,1-3H3,(H,13,14). The first-order valence-electron chi connectivity index (χ1n) is 5.86. The van der Waals surface area contributed by atoms with Crippen molar-refractivity contribution in [1.82, 2.24) is 5.32 Å². The van der Waals surface area contributed by atoms with E-state index in [0.29, 0.717) is 0 Å². The summed E-state index contributed by atoms with van der Waals surface area (Å²) in [5.74, 6) is -0.0711. The van der Waals surface area contributed by atoms with E-state index < -0.39 is 24.4 Å². The largest absolute Gasteiger partial charge is 0.389 e. The van der Waals surface area contributed by atoms with Gasteiger partial charge in [-0.05, 0) is 5.92 Å². The fourth-order valence-electron chi connectivity index (χ4n) is 2.03. The average molecular weight is 246 g/mol. The molecule has 1 aliphatic rings. The van der Waals surface area contributed by atoms with E-state index in [4.69, 9.17) is 10.5 Å². The van der Waals surface area contributed by atoms with Crippen LogP contribution in [0.5, 0.6) is 0 Å². The van der Waals surface area contributed by atoms with Crippen molar-refractivity contribution in [2.24, 2.45) is 11.7 Å². The number of carbonyl (C=O) groups is 1. The predicted octanol–water partition coefficient (Wildman–Crippen LogP) is -1.40. The molecule has 1 saturated heterocycles. The van der Waals surface area contributed by atoms with Gasteiger partial charge in [0.2, 0.25) is 5.91 Å². The first-order valence-corrected chi connectivity index (χ1v) is 5.86. The number of amides is 1. The number of ether oxygens (including phenoxy) is 1. The van der Waals surface area contributed by atoms with Crippen LogP contribution in [-0.4, -0.2) is 53.1 Å². The molecular weight excluding hydrogens is 224 g/mol. The molecule has 0 aromatic rings. The van der Waals surface area contributed by atoms with Gasteiger partial charge >= 0.3 is 0 Å². The van der Waals surface area contributed by atoms with E-state index in [1.165, 1.54) is 6.92 Å². The second kappa shape index (κ2) is 5.77. The Labute approximate surface area is 101 Å². The van der Waals surface area contributed by atoms with E-state index in [1.54, 1.807) is 0 Å². The maximum absolute atomic E-state index is 10.8. The zero-order valence-corrected chi connectivity index (χ0v) is 10.5. The minimum absolute atomic E-state index is 0.131. The molecule has 1 rings (SSSR count). The van der Waals surface area contributed by atoms with Gasteiger partial charge in [-0.1, -0.05) is 13.8 Å². The predicted molar refractivity (Wildman–Crippen MR) is 62.2 cm³/mol. The summed E-state index contributed by atoms with van der Waals surface area (Å²) in [6.45, 7) is 5.43. The lowest BCUT2D eigenvalue weighted by molar-refractivity contribution is -0.187. The van der Waals surface area contributed by atoms with Crippen LogP contribution in [0.25, 0.3) is 0 Å². The monoisotopic (exact) mass is 246 g/mol. The highest BCUT2D eigenvalue weighted by molar-refractivity contribution is 5.72. The second-order valence-corrected chi connectivity index (χ2v) is 4.88. The lowest BCUT2D eigenvalue weighted by Crippen LogP contribution is -2.64. The Kier molecular flexibility index (Phi) is 4.88. The molecular formula is C11H22N2O4. The van der Waals surface area contributed by atoms with Crippen molar-refractivity contribution in [2.45, 2.75) is 51.2 Å². The zero-order chi connectivity index (χ0) is 13.2. The molecule has 0 bridgehead atoms. The van der Waals surface area contributed by atoms with Crippen molar-refractivity contribution in [3.05, 3.63) is 0 Å². The van der Waals surface area contributed by atoms with Gasteiger partial charge in [-0.25, -0.2) is 0 Å². The fourth-order valence-corrected chi connectivity index (χ4v) is 2.03. The van der Waals surface area contributed by atoms with E-state index in [9.17, 15) is 15.0 Å². The molecule has 5 N–H and O–H groups in total. The van der Waals surface area contributed by atoms with Crippen LogP contribution in [0.15, 0.2) is 0 Å². The minimum atomic E-state index is -1.08. The fraction of sp³-hybridized carbons (Fsp3) is 0.909. The van der Waals surface area contributed by atoms with Gasteiger partial charge < -0.3 is 26.0 Å². The number of hydrogen-bond donors (Lipinski definition) is 4. The first kappa shape index (κ1) is 14.4. The summed E-state index contributed by atoms with van der Waals surface area (Å²) < 4.78 is 5.64. The van der Waals surface area contributed by atoms with Crippen LogP contribution in [0.2, 0.25) is 0 Å². The van der Waals surface area contributed by atoms with Gasteiger partial charge in [0, 0.05) is 13.5 Å². The molecule has 1 heterocycles. The molecule has 6 heteroatoms. The zero-order valence-electron chi connectivity index (χ0n) is 10.5. The summed E-state index contributed by atoms with van der Waals surface area (Å²) in [5, 5.41) is 22.2. The second-order valence-electron chi connectivity index (χ2n) is 4.88. The van der Waals surface area contributed by atoms with Gasteiger partial charge in [0.25, 0.3) is 0 Å². The lowest BCUT2D eigenvalue weighted by atomic mass is 9.88. The molecule has 17 heavy (non-hydrogen) atoms. The third kappa shape index (κ3) is 3.38. The maximum atomic E-state index is 10.8. The number of aliphatic hydroxyl groups excluding tert-OH is 2. The van der Waals surface area contributed by atoms with Gasteiger partial charge in [0.15, 0.2) is 0 Å². The number of carbonyl (C=O) groups excluding carboxylic acids is 1. The van der Waals surface area contributed by atoms with Gasteiger partial charge in [-0.3, -0.25) is 4.79 Å².